The largest absolute Gasteiger partial charge is 0.497 e. The molecule has 5 aromatic rings. The Morgan fingerprint density at radius 1 is 0.780 bits per heavy atom. The van der Waals surface area contributed by atoms with Gasteiger partial charge in [-0.05, 0) is 106 Å². The van der Waals surface area contributed by atoms with Crippen molar-refractivity contribution in [1.29, 1.82) is 0 Å². The molecule has 0 unspecified atom stereocenters. The second-order valence-corrected chi connectivity index (χ2v) is 15.0. The number of ketones is 1. The average molecular weight is 818 g/mol. The van der Waals surface area contributed by atoms with Crippen LogP contribution in [0.15, 0.2) is 115 Å². The lowest BCUT2D eigenvalue weighted by Crippen LogP contribution is -2.30. The number of thiazole rings is 1. The molecule has 0 N–H and O–H groups in total. The summed E-state index contributed by atoms with van der Waals surface area (Å²) in [5, 5.41) is 6.79. The number of ether oxygens (including phenoxy) is 5. The average Bonchev–Trinajstić information content (AvgIpc) is 3.71. The van der Waals surface area contributed by atoms with Crippen molar-refractivity contribution in [2.24, 2.45) is 16.9 Å². The van der Waals surface area contributed by atoms with Crippen LogP contribution in [0.3, 0.4) is 0 Å². The number of rotatable bonds is 20. The SMILES string of the molecule is C=CC(=O)OCCCCCCOc1ccc(OC(=O)C2CCC(C(=O)Oc3ccc(OC)cc3/C=N/N(CC(=O)c3ccccc3)c3nc4ccccc4s3)CC2)cc1. The van der Waals surface area contributed by atoms with E-state index < -0.39 is 17.9 Å². The molecular formula is C46H47N3O9S. The van der Waals surface area contributed by atoms with Crippen molar-refractivity contribution in [3.05, 3.63) is 121 Å². The maximum atomic E-state index is 13.5. The Bertz CT molecular complexity index is 2200. The Morgan fingerprint density at radius 2 is 1.42 bits per heavy atom. The molecule has 59 heavy (non-hydrogen) atoms. The van der Waals surface area contributed by atoms with Crippen LogP contribution in [0, 0.1) is 11.8 Å². The van der Waals surface area contributed by atoms with Crippen molar-refractivity contribution >= 4 is 56.6 Å². The highest BCUT2D eigenvalue weighted by molar-refractivity contribution is 7.22. The van der Waals surface area contributed by atoms with Crippen LogP contribution in [0.1, 0.15) is 67.3 Å². The number of nitrogens with zero attached hydrogens (tertiary/aromatic N) is 3. The zero-order valence-corrected chi connectivity index (χ0v) is 33.8. The molecule has 1 aliphatic carbocycles. The van der Waals surface area contributed by atoms with Crippen LogP contribution in [0.25, 0.3) is 10.2 Å². The molecule has 0 saturated heterocycles. The molecule has 0 bridgehead atoms. The van der Waals surface area contributed by atoms with E-state index >= 15 is 0 Å². The second-order valence-electron chi connectivity index (χ2n) is 14.0. The van der Waals surface area contributed by atoms with Crippen LogP contribution >= 0.6 is 11.3 Å². The molecule has 0 spiro atoms. The first-order valence-corrected chi connectivity index (χ1v) is 20.5. The van der Waals surface area contributed by atoms with Crippen molar-refractivity contribution in [2.45, 2.75) is 51.4 Å². The molecule has 0 atom stereocenters. The smallest absolute Gasteiger partial charge is 0.330 e. The van der Waals surface area contributed by atoms with E-state index in [1.54, 1.807) is 66.7 Å². The van der Waals surface area contributed by atoms with Gasteiger partial charge < -0.3 is 23.7 Å². The van der Waals surface area contributed by atoms with E-state index in [0.717, 1.165) is 42.0 Å². The third kappa shape index (κ3) is 12.3. The number of esters is 3. The molecule has 6 rings (SSSR count). The van der Waals surface area contributed by atoms with Gasteiger partial charge in [-0.25, -0.2) is 14.8 Å². The highest BCUT2D eigenvalue weighted by Gasteiger charge is 2.32. The molecule has 1 heterocycles. The Hall–Kier alpha value is -6.34. The summed E-state index contributed by atoms with van der Waals surface area (Å²) < 4.78 is 28.8. The summed E-state index contributed by atoms with van der Waals surface area (Å²) in [5.74, 6) is -0.0845. The van der Waals surface area contributed by atoms with E-state index in [1.807, 2.05) is 42.5 Å². The van der Waals surface area contributed by atoms with E-state index in [2.05, 4.69) is 6.58 Å². The standard InChI is InChI=1S/C46H47N3O9S/c1-3-43(51)56-28-12-5-4-11-27-55-36-21-23-37(24-22-36)57-44(52)33-17-19-34(20-18-33)45(53)58-41-26-25-38(54-2)29-35(41)30-47-49(31-40(50)32-13-7-6-8-14-32)46-48-39-15-9-10-16-42(39)59-46/h3,6-10,13-16,21-26,29-30,33-34H,1,4-5,11-12,17-20,27-28,31H2,2H3/b47-30+. The van der Waals surface area contributed by atoms with Crippen molar-refractivity contribution in [3.8, 4) is 23.0 Å². The van der Waals surface area contributed by atoms with Crippen LogP contribution in [0.4, 0.5) is 5.13 Å². The summed E-state index contributed by atoms with van der Waals surface area (Å²) in [6.45, 7) is 4.25. The number of methoxy groups -OCH3 is 1. The van der Waals surface area contributed by atoms with Gasteiger partial charge in [-0.15, -0.1) is 0 Å². The Kier molecular flexibility index (Phi) is 15.4. The van der Waals surface area contributed by atoms with E-state index in [1.165, 1.54) is 17.6 Å². The fourth-order valence-corrected chi connectivity index (χ4v) is 7.42. The van der Waals surface area contributed by atoms with Gasteiger partial charge in [-0.2, -0.15) is 5.10 Å². The maximum absolute atomic E-state index is 13.5. The molecule has 13 heteroatoms. The first kappa shape index (κ1) is 42.3. The molecule has 1 aliphatic rings. The normalized spacial score (nSPS) is 15.0. The van der Waals surface area contributed by atoms with Crippen molar-refractivity contribution < 1.29 is 42.9 Å². The fourth-order valence-electron chi connectivity index (χ4n) is 6.50. The van der Waals surface area contributed by atoms with Crippen LogP contribution in [-0.2, 0) is 19.1 Å². The van der Waals surface area contributed by atoms with E-state index in [-0.39, 0.29) is 30.0 Å². The van der Waals surface area contributed by atoms with Gasteiger partial charge in [0.15, 0.2) is 5.78 Å². The molecule has 1 fully saturated rings. The molecule has 0 radical (unpaired) electrons. The molecule has 1 saturated carbocycles. The third-order valence-corrected chi connectivity index (χ3v) is 10.9. The van der Waals surface area contributed by atoms with Gasteiger partial charge in [0.1, 0.15) is 29.5 Å². The molecule has 0 amide bonds. The first-order valence-electron chi connectivity index (χ1n) is 19.7. The van der Waals surface area contributed by atoms with E-state index in [4.69, 9.17) is 33.8 Å². The van der Waals surface area contributed by atoms with Gasteiger partial charge >= 0.3 is 17.9 Å². The van der Waals surface area contributed by atoms with Gasteiger partial charge in [-0.3, -0.25) is 14.4 Å². The molecular weight excluding hydrogens is 771 g/mol. The monoisotopic (exact) mass is 817 g/mol. The molecule has 4 aromatic carbocycles. The minimum atomic E-state index is -0.404. The summed E-state index contributed by atoms with van der Waals surface area (Å²) in [4.78, 5) is 55.7. The van der Waals surface area contributed by atoms with Crippen LogP contribution in [0.2, 0.25) is 0 Å². The summed E-state index contributed by atoms with van der Waals surface area (Å²) in [5.41, 5.74) is 1.82. The Labute approximate surface area is 347 Å². The van der Waals surface area contributed by atoms with Crippen molar-refractivity contribution in [1.82, 2.24) is 4.98 Å². The lowest BCUT2D eigenvalue weighted by atomic mass is 9.82. The Balaban J connectivity index is 1.01. The lowest BCUT2D eigenvalue weighted by Gasteiger charge is -2.26. The number of para-hydroxylation sites is 1. The minimum absolute atomic E-state index is 0.0634. The van der Waals surface area contributed by atoms with Crippen LogP contribution in [0.5, 0.6) is 23.0 Å². The number of hydrazone groups is 1. The van der Waals surface area contributed by atoms with Crippen molar-refractivity contribution in [2.75, 3.05) is 31.9 Å². The van der Waals surface area contributed by atoms with Gasteiger partial charge in [0.2, 0.25) is 5.13 Å². The number of aromatic nitrogens is 1. The molecule has 12 nitrogen and oxygen atoms in total. The van der Waals surface area contributed by atoms with Crippen LogP contribution in [-0.4, -0.2) is 61.8 Å². The number of Topliss-reactive ketones (excluding diaryl/α,β-unsaturated/α-hetero) is 1. The Morgan fingerprint density at radius 3 is 2.12 bits per heavy atom. The summed E-state index contributed by atoms with van der Waals surface area (Å²) in [6, 6.07) is 28.7. The third-order valence-electron chi connectivity index (χ3n) is 9.81. The second kappa shape index (κ2) is 21.4. The molecule has 0 aliphatic heterocycles. The number of carbonyl (C=O) groups is 4. The number of fused-ring (bicyclic) bond motifs is 1. The zero-order valence-electron chi connectivity index (χ0n) is 33.0. The van der Waals surface area contributed by atoms with Gasteiger partial charge in [0, 0.05) is 17.2 Å². The lowest BCUT2D eigenvalue weighted by molar-refractivity contribution is -0.145. The first-order chi connectivity index (χ1) is 28.8. The fraction of sp³-hybridized carbons (Fsp3) is 0.304. The summed E-state index contributed by atoms with van der Waals surface area (Å²) in [7, 11) is 1.54. The summed E-state index contributed by atoms with van der Waals surface area (Å²) >= 11 is 1.42. The highest BCUT2D eigenvalue weighted by atomic mass is 32.1. The minimum Gasteiger partial charge on any atom is -0.497 e. The maximum Gasteiger partial charge on any atom is 0.330 e. The van der Waals surface area contributed by atoms with Gasteiger partial charge in [0.25, 0.3) is 0 Å². The van der Waals surface area contributed by atoms with Gasteiger partial charge in [-0.1, -0.05) is 60.4 Å². The van der Waals surface area contributed by atoms with E-state index in [9.17, 15) is 19.2 Å². The quantitative estimate of drug-likeness (QED) is 0.0141. The number of carbonyl (C=O) groups excluding carboxylic acids is 4. The number of benzene rings is 4. The number of unbranched alkanes of at least 4 members (excludes halogenated alkanes) is 3. The topological polar surface area (TPSA) is 143 Å². The summed E-state index contributed by atoms with van der Waals surface area (Å²) in [6.07, 6.45) is 8.14. The van der Waals surface area contributed by atoms with Crippen LogP contribution < -0.4 is 24.0 Å². The molecule has 306 valence electrons. The number of hydrogen-bond donors (Lipinski definition) is 0. The highest BCUT2D eigenvalue weighted by Crippen LogP contribution is 2.33. The number of anilines is 1. The predicted molar refractivity (Wildman–Crippen MR) is 227 cm³/mol. The zero-order chi connectivity index (χ0) is 41.4. The predicted octanol–water partition coefficient (Wildman–Crippen LogP) is 9.01. The van der Waals surface area contributed by atoms with E-state index in [0.29, 0.717) is 72.4 Å². The molecule has 1 aromatic heterocycles. The van der Waals surface area contributed by atoms with Gasteiger partial charge in [0.05, 0.1) is 48.6 Å². The van der Waals surface area contributed by atoms with Crippen molar-refractivity contribution in [3.63, 3.8) is 0 Å². The number of hydrogen-bond acceptors (Lipinski definition) is 13.